The van der Waals surface area contributed by atoms with Crippen molar-refractivity contribution in [3.63, 3.8) is 0 Å². The van der Waals surface area contributed by atoms with Gasteiger partial charge in [0.25, 0.3) is 0 Å². The third kappa shape index (κ3) is 5.29. The van der Waals surface area contributed by atoms with E-state index in [1.54, 1.807) is 18.2 Å². The largest absolute Gasteiger partial charge is 0.392 e. The molecule has 184 valence electrons. The summed E-state index contributed by atoms with van der Waals surface area (Å²) in [6.45, 7) is 2.84. The van der Waals surface area contributed by atoms with Crippen molar-refractivity contribution in [3.05, 3.63) is 63.6 Å². The molecule has 35 heavy (non-hydrogen) atoms. The number of nitrogens with one attached hydrogen (secondary N) is 1. The van der Waals surface area contributed by atoms with E-state index in [1.165, 1.54) is 5.56 Å². The Morgan fingerprint density at radius 2 is 2.03 bits per heavy atom. The van der Waals surface area contributed by atoms with Gasteiger partial charge < -0.3 is 15.3 Å². The van der Waals surface area contributed by atoms with E-state index in [-0.39, 0.29) is 23.6 Å². The molecule has 0 radical (unpaired) electrons. The van der Waals surface area contributed by atoms with Crippen LogP contribution in [-0.2, 0) is 5.41 Å². The number of hydrogen-bond acceptors (Lipinski definition) is 4. The highest BCUT2D eigenvalue weighted by molar-refractivity contribution is 6.35. The van der Waals surface area contributed by atoms with Gasteiger partial charge in [-0.25, -0.2) is 4.79 Å². The van der Waals surface area contributed by atoms with Crippen molar-refractivity contribution in [3.8, 4) is 6.07 Å². The van der Waals surface area contributed by atoms with Crippen LogP contribution in [0.1, 0.15) is 43.2 Å². The summed E-state index contributed by atoms with van der Waals surface area (Å²) in [6, 6.07) is 15.3. The molecule has 0 spiro atoms. The van der Waals surface area contributed by atoms with Gasteiger partial charge in [0.05, 0.1) is 17.7 Å². The summed E-state index contributed by atoms with van der Waals surface area (Å²) in [6.07, 6.45) is 4.48. The highest BCUT2D eigenvalue weighted by Gasteiger charge is 2.58. The topological polar surface area (TPSA) is 79.6 Å². The predicted molar refractivity (Wildman–Crippen MR) is 138 cm³/mol. The third-order valence-electron chi connectivity index (χ3n) is 8.00. The van der Waals surface area contributed by atoms with Crippen molar-refractivity contribution < 1.29 is 9.90 Å². The standard InChI is InChI=1S/C27H30Cl2N4O2/c28-21-12-22(29)14-23(13-21)31-26(35)33(9-8-32-7-5-25(34)17-32)24-4-6-27(15-20(27)11-24)19-3-1-2-18(10-19)16-30/h1-3,10,12-14,20,24-25,34H,4-9,11,15,17H2,(H,31,35)/t20?,24?,25-,27+/m1/s1. The Labute approximate surface area is 216 Å². The number of nitriles is 1. The number of β-amino-alcohol motifs (C(OH)–C–C–N with tert-alkyl or cyclic N) is 1. The van der Waals surface area contributed by atoms with E-state index in [2.05, 4.69) is 22.4 Å². The molecular weight excluding hydrogens is 483 g/mol. The van der Waals surface area contributed by atoms with Crippen LogP contribution < -0.4 is 5.32 Å². The molecule has 0 bridgehead atoms. The number of hydrogen-bond donors (Lipinski definition) is 2. The molecule has 2 saturated carbocycles. The van der Waals surface area contributed by atoms with Gasteiger partial charge in [0.2, 0.25) is 0 Å². The highest BCUT2D eigenvalue weighted by atomic mass is 35.5. The van der Waals surface area contributed by atoms with E-state index in [1.807, 2.05) is 23.1 Å². The molecule has 1 heterocycles. The van der Waals surface area contributed by atoms with Crippen molar-refractivity contribution in [1.82, 2.24) is 9.80 Å². The number of urea groups is 1. The molecule has 1 aliphatic heterocycles. The summed E-state index contributed by atoms with van der Waals surface area (Å²) < 4.78 is 0. The maximum absolute atomic E-state index is 13.5. The molecule has 2 unspecified atom stereocenters. The lowest BCUT2D eigenvalue weighted by Gasteiger charge is -2.37. The first-order chi connectivity index (χ1) is 16.9. The van der Waals surface area contributed by atoms with Gasteiger partial charge in [-0.1, -0.05) is 35.3 Å². The second kappa shape index (κ2) is 9.99. The van der Waals surface area contributed by atoms with Gasteiger partial charge in [0.15, 0.2) is 0 Å². The van der Waals surface area contributed by atoms with Gasteiger partial charge in [-0.2, -0.15) is 5.26 Å². The zero-order valence-corrected chi connectivity index (χ0v) is 21.1. The molecule has 2 N–H and O–H groups in total. The molecule has 4 atom stereocenters. The van der Waals surface area contributed by atoms with Gasteiger partial charge in [-0.15, -0.1) is 0 Å². The minimum absolute atomic E-state index is 0.136. The van der Waals surface area contributed by atoms with Crippen molar-refractivity contribution in [2.75, 3.05) is 31.5 Å². The number of rotatable bonds is 6. The quantitative estimate of drug-likeness (QED) is 0.551. The molecule has 2 aromatic carbocycles. The van der Waals surface area contributed by atoms with Crippen LogP contribution in [0.2, 0.25) is 10.0 Å². The number of likely N-dealkylation sites (tertiary alicyclic amines) is 1. The van der Waals surface area contributed by atoms with E-state index >= 15 is 0 Å². The molecule has 3 aliphatic rings. The van der Waals surface area contributed by atoms with Crippen LogP contribution in [0.3, 0.4) is 0 Å². The number of amides is 2. The first-order valence-electron chi connectivity index (χ1n) is 12.3. The molecule has 2 aromatic rings. The van der Waals surface area contributed by atoms with Crippen LogP contribution in [0.15, 0.2) is 42.5 Å². The van der Waals surface area contributed by atoms with Crippen LogP contribution in [0.25, 0.3) is 0 Å². The summed E-state index contributed by atoms with van der Waals surface area (Å²) in [5, 5.41) is 23.2. The summed E-state index contributed by atoms with van der Waals surface area (Å²) >= 11 is 12.3. The van der Waals surface area contributed by atoms with Gasteiger partial charge in [0.1, 0.15) is 0 Å². The van der Waals surface area contributed by atoms with E-state index < -0.39 is 0 Å². The molecular formula is C27H30Cl2N4O2. The Kier molecular flexibility index (Phi) is 6.96. The van der Waals surface area contributed by atoms with Gasteiger partial charge in [0, 0.05) is 48.0 Å². The van der Waals surface area contributed by atoms with E-state index in [0.29, 0.717) is 40.3 Å². The highest BCUT2D eigenvalue weighted by Crippen LogP contribution is 2.62. The summed E-state index contributed by atoms with van der Waals surface area (Å²) in [5.74, 6) is 0.514. The SMILES string of the molecule is N#Cc1cccc([C@@]23CCC(N(CCN4CC[C@@H](O)C4)C(=O)Nc4cc(Cl)cc(Cl)c4)CC2C3)c1. The zero-order chi connectivity index (χ0) is 24.6. The van der Waals surface area contributed by atoms with Crippen LogP contribution in [-0.4, -0.2) is 59.3 Å². The Morgan fingerprint density at radius 1 is 1.23 bits per heavy atom. The number of carbonyl (C=O) groups is 1. The second-order valence-electron chi connectivity index (χ2n) is 10.2. The molecule has 1 saturated heterocycles. The molecule has 0 aromatic heterocycles. The zero-order valence-electron chi connectivity index (χ0n) is 19.6. The minimum Gasteiger partial charge on any atom is -0.392 e. The lowest BCUT2D eigenvalue weighted by atomic mass is 9.80. The Hall–Kier alpha value is -2.30. The maximum atomic E-state index is 13.5. The smallest absolute Gasteiger partial charge is 0.322 e. The number of carbonyl (C=O) groups excluding carboxylic acids is 1. The van der Waals surface area contributed by atoms with Crippen molar-refractivity contribution in [2.24, 2.45) is 5.92 Å². The lowest BCUT2D eigenvalue weighted by molar-refractivity contribution is 0.142. The van der Waals surface area contributed by atoms with Crippen LogP contribution in [0.4, 0.5) is 10.5 Å². The average Bonchev–Trinajstić information content (AvgIpc) is 3.43. The van der Waals surface area contributed by atoms with Crippen molar-refractivity contribution in [1.29, 1.82) is 5.26 Å². The Bertz CT molecular complexity index is 1130. The number of benzene rings is 2. The van der Waals surface area contributed by atoms with E-state index in [4.69, 9.17) is 23.2 Å². The Morgan fingerprint density at radius 3 is 2.71 bits per heavy atom. The first kappa shape index (κ1) is 24.4. The van der Waals surface area contributed by atoms with Gasteiger partial charge in [-0.05, 0) is 79.3 Å². The number of halogens is 2. The lowest BCUT2D eigenvalue weighted by Crippen LogP contribution is -2.48. The first-order valence-corrected chi connectivity index (χ1v) is 13.1. The van der Waals surface area contributed by atoms with Gasteiger partial charge >= 0.3 is 6.03 Å². The van der Waals surface area contributed by atoms with E-state index in [9.17, 15) is 15.2 Å². The Balaban J connectivity index is 1.30. The number of fused-ring (bicyclic) bond motifs is 1. The predicted octanol–water partition coefficient (Wildman–Crippen LogP) is 5.28. The fourth-order valence-electron chi connectivity index (χ4n) is 6.08. The van der Waals surface area contributed by atoms with Crippen LogP contribution >= 0.6 is 23.2 Å². The maximum Gasteiger partial charge on any atom is 0.322 e. The number of nitrogens with zero attached hydrogens (tertiary/aromatic N) is 3. The number of aliphatic hydroxyl groups is 1. The average molecular weight is 513 g/mol. The molecule has 3 fully saturated rings. The number of aliphatic hydroxyl groups excluding tert-OH is 1. The molecule has 5 rings (SSSR count). The van der Waals surface area contributed by atoms with Crippen LogP contribution in [0.5, 0.6) is 0 Å². The summed E-state index contributed by atoms with van der Waals surface area (Å²) in [4.78, 5) is 17.7. The molecule has 2 aliphatic carbocycles. The summed E-state index contributed by atoms with van der Waals surface area (Å²) in [5.41, 5.74) is 2.69. The van der Waals surface area contributed by atoms with Gasteiger partial charge in [-0.3, -0.25) is 4.90 Å². The fraction of sp³-hybridized carbons (Fsp3) is 0.481. The third-order valence-corrected chi connectivity index (χ3v) is 8.44. The fourth-order valence-corrected chi connectivity index (χ4v) is 6.61. The summed E-state index contributed by atoms with van der Waals surface area (Å²) in [7, 11) is 0. The minimum atomic E-state index is -0.281. The molecule has 2 amide bonds. The number of anilines is 1. The second-order valence-corrected chi connectivity index (χ2v) is 11.1. The van der Waals surface area contributed by atoms with Crippen molar-refractivity contribution in [2.45, 2.75) is 49.7 Å². The molecule has 8 heteroatoms. The molecule has 6 nitrogen and oxygen atoms in total. The normalized spacial score (nSPS) is 27.7. The van der Waals surface area contributed by atoms with Crippen LogP contribution in [0, 0.1) is 17.2 Å². The van der Waals surface area contributed by atoms with Crippen molar-refractivity contribution >= 4 is 34.9 Å². The van der Waals surface area contributed by atoms with E-state index in [0.717, 1.165) is 45.2 Å². The monoisotopic (exact) mass is 512 g/mol.